The number of fused-ring (bicyclic) bond motifs is 1. The maximum atomic E-state index is 12.5. The first-order valence-corrected chi connectivity index (χ1v) is 11.0. The number of nitrogens with zero attached hydrogens (tertiary/aromatic N) is 4. The number of piperazine rings is 1. The highest BCUT2D eigenvalue weighted by molar-refractivity contribution is 5.85. The van der Waals surface area contributed by atoms with Crippen molar-refractivity contribution in [3.63, 3.8) is 0 Å². The zero-order chi connectivity index (χ0) is 23.0. The molecule has 0 saturated carbocycles. The van der Waals surface area contributed by atoms with Crippen molar-refractivity contribution in [1.82, 2.24) is 24.7 Å². The molecule has 2 aromatic carbocycles. The van der Waals surface area contributed by atoms with Crippen LogP contribution in [0.3, 0.4) is 0 Å². The standard InChI is InChI=1S/C25H27N5O3/c31-23(18-30-19-27-22-11-5-4-10-21(22)25(30)33)26-17-24(32)29-15-13-28(14-16-29)12-6-9-20-7-2-1-3-8-20/h1-11,19H,12-18H2,(H,26,31). The van der Waals surface area contributed by atoms with Crippen LogP contribution in [0, 0.1) is 0 Å². The van der Waals surface area contributed by atoms with Crippen molar-refractivity contribution in [2.24, 2.45) is 0 Å². The number of hydrogen-bond donors (Lipinski definition) is 1. The first-order chi connectivity index (χ1) is 16.1. The van der Waals surface area contributed by atoms with E-state index in [2.05, 4.69) is 39.5 Å². The van der Waals surface area contributed by atoms with Crippen molar-refractivity contribution in [3.05, 3.63) is 82.9 Å². The third kappa shape index (κ3) is 5.93. The molecule has 2 heterocycles. The molecule has 0 atom stereocenters. The van der Waals surface area contributed by atoms with Crippen LogP contribution in [-0.2, 0) is 16.1 Å². The molecule has 1 aliphatic heterocycles. The molecule has 1 fully saturated rings. The highest BCUT2D eigenvalue weighted by Crippen LogP contribution is 2.06. The maximum absolute atomic E-state index is 12.5. The van der Waals surface area contributed by atoms with Crippen molar-refractivity contribution in [1.29, 1.82) is 0 Å². The van der Waals surface area contributed by atoms with Gasteiger partial charge in [0.25, 0.3) is 5.56 Å². The molecule has 1 saturated heterocycles. The zero-order valence-corrected chi connectivity index (χ0v) is 18.4. The summed E-state index contributed by atoms with van der Waals surface area (Å²) < 4.78 is 1.25. The van der Waals surface area contributed by atoms with Crippen molar-refractivity contribution in [3.8, 4) is 0 Å². The van der Waals surface area contributed by atoms with E-state index in [1.807, 2.05) is 18.2 Å². The maximum Gasteiger partial charge on any atom is 0.261 e. The van der Waals surface area contributed by atoms with E-state index in [0.717, 1.165) is 19.6 Å². The molecule has 0 unspecified atom stereocenters. The number of carbonyl (C=O) groups excluding carboxylic acids is 2. The molecule has 170 valence electrons. The van der Waals surface area contributed by atoms with E-state index in [1.54, 1.807) is 29.2 Å². The smallest absolute Gasteiger partial charge is 0.261 e. The van der Waals surface area contributed by atoms with Gasteiger partial charge in [-0.25, -0.2) is 4.98 Å². The van der Waals surface area contributed by atoms with E-state index in [1.165, 1.54) is 16.5 Å². The Hall–Kier alpha value is -3.78. The van der Waals surface area contributed by atoms with Gasteiger partial charge in [0, 0.05) is 32.7 Å². The second kappa shape index (κ2) is 10.7. The van der Waals surface area contributed by atoms with E-state index >= 15 is 0 Å². The van der Waals surface area contributed by atoms with Crippen molar-refractivity contribution >= 4 is 28.8 Å². The van der Waals surface area contributed by atoms with Crippen LogP contribution in [0.5, 0.6) is 0 Å². The topological polar surface area (TPSA) is 87.5 Å². The summed E-state index contributed by atoms with van der Waals surface area (Å²) in [5.74, 6) is -0.515. The lowest BCUT2D eigenvalue weighted by molar-refractivity contribution is -0.134. The lowest BCUT2D eigenvalue weighted by atomic mass is 10.2. The van der Waals surface area contributed by atoms with E-state index in [-0.39, 0.29) is 24.6 Å². The summed E-state index contributed by atoms with van der Waals surface area (Å²) >= 11 is 0. The fourth-order valence-corrected chi connectivity index (χ4v) is 3.80. The lowest BCUT2D eigenvalue weighted by Crippen LogP contribution is -2.51. The molecule has 8 heteroatoms. The summed E-state index contributed by atoms with van der Waals surface area (Å²) in [6, 6.07) is 17.1. The molecular weight excluding hydrogens is 418 g/mol. The van der Waals surface area contributed by atoms with Gasteiger partial charge in [-0.1, -0.05) is 54.6 Å². The number of hydrogen-bond acceptors (Lipinski definition) is 5. The molecular formula is C25H27N5O3. The van der Waals surface area contributed by atoms with Crippen LogP contribution >= 0.6 is 0 Å². The molecule has 1 aromatic heterocycles. The van der Waals surface area contributed by atoms with Crippen LogP contribution in [0.25, 0.3) is 17.0 Å². The minimum absolute atomic E-state index is 0.0808. The van der Waals surface area contributed by atoms with Crippen molar-refractivity contribution in [2.75, 3.05) is 39.3 Å². The van der Waals surface area contributed by atoms with Crippen molar-refractivity contribution < 1.29 is 9.59 Å². The molecule has 8 nitrogen and oxygen atoms in total. The number of para-hydroxylation sites is 1. The van der Waals surface area contributed by atoms with Gasteiger partial charge in [-0.05, 0) is 17.7 Å². The van der Waals surface area contributed by atoms with E-state index in [9.17, 15) is 14.4 Å². The van der Waals surface area contributed by atoms with Gasteiger partial charge in [-0.15, -0.1) is 0 Å². The second-order valence-electron chi connectivity index (χ2n) is 7.97. The molecule has 3 aromatic rings. The third-order valence-corrected chi connectivity index (χ3v) is 5.68. The molecule has 0 radical (unpaired) electrons. The molecule has 1 N–H and O–H groups in total. The van der Waals surface area contributed by atoms with Crippen LogP contribution in [-0.4, -0.2) is 70.4 Å². The Balaban J connectivity index is 1.20. The SMILES string of the molecule is O=C(Cn1cnc2ccccc2c1=O)NCC(=O)N1CCN(CC=Cc2ccccc2)CC1. The Morgan fingerprint density at radius 1 is 0.970 bits per heavy atom. The Morgan fingerprint density at radius 3 is 2.48 bits per heavy atom. The molecule has 2 amide bonds. The number of nitrogens with one attached hydrogen (secondary N) is 1. The zero-order valence-electron chi connectivity index (χ0n) is 18.4. The number of benzene rings is 2. The highest BCUT2D eigenvalue weighted by atomic mass is 16.2. The molecule has 0 spiro atoms. The van der Waals surface area contributed by atoms with E-state index in [0.29, 0.717) is 24.0 Å². The summed E-state index contributed by atoms with van der Waals surface area (Å²) in [6.07, 6.45) is 5.59. The van der Waals surface area contributed by atoms with Crippen LogP contribution in [0.15, 0.2) is 71.8 Å². The second-order valence-corrected chi connectivity index (χ2v) is 7.97. The summed E-state index contributed by atoms with van der Waals surface area (Å²) in [7, 11) is 0. The Morgan fingerprint density at radius 2 is 1.70 bits per heavy atom. The van der Waals surface area contributed by atoms with Crippen LogP contribution in [0.1, 0.15) is 5.56 Å². The minimum Gasteiger partial charge on any atom is -0.345 e. The average Bonchev–Trinajstić information content (AvgIpc) is 2.85. The fraction of sp³-hybridized carbons (Fsp3) is 0.280. The van der Waals surface area contributed by atoms with E-state index in [4.69, 9.17) is 0 Å². The monoisotopic (exact) mass is 445 g/mol. The van der Waals surface area contributed by atoms with Crippen LogP contribution in [0.4, 0.5) is 0 Å². The van der Waals surface area contributed by atoms with Gasteiger partial charge in [0.05, 0.1) is 23.8 Å². The van der Waals surface area contributed by atoms with Gasteiger partial charge < -0.3 is 10.2 Å². The highest BCUT2D eigenvalue weighted by Gasteiger charge is 2.20. The molecule has 1 aliphatic rings. The van der Waals surface area contributed by atoms with Gasteiger partial charge in [-0.2, -0.15) is 0 Å². The molecule has 0 aliphatic carbocycles. The Bertz CT molecular complexity index is 1200. The van der Waals surface area contributed by atoms with Gasteiger partial charge in [0.1, 0.15) is 6.54 Å². The first kappa shape index (κ1) is 22.4. The van der Waals surface area contributed by atoms with Gasteiger partial charge >= 0.3 is 0 Å². The average molecular weight is 446 g/mol. The molecule has 0 bridgehead atoms. The predicted octanol–water partition coefficient (Wildman–Crippen LogP) is 1.37. The van der Waals surface area contributed by atoms with Crippen molar-refractivity contribution in [2.45, 2.75) is 6.54 Å². The number of amides is 2. The summed E-state index contributed by atoms with van der Waals surface area (Å²) in [4.78, 5) is 45.5. The molecule has 33 heavy (non-hydrogen) atoms. The quantitative estimate of drug-likeness (QED) is 0.594. The lowest BCUT2D eigenvalue weighted by Gasteiger charge is -2.34. The van der Waals surface area contributed by atoms with Gasteiger partial charge in [-0.3, -0.25) is 23.9 Å². The van der Waals surface area contributed by atoms with E-state index < -0.39 is 5.91 Å². The third-order valence-electron chi connectivity index (χ3n) is 5.68. The number of carbonyl (C=O) groups is 2. The summed E-state index contributed by atoms with van der Waals surface area (Å²) in [5, 5.41) is 3.08. The Labute approximate surface area is 192 Å². The minimum atomic E-state index is -0.396. The number of rotatable bonds is 7. The summed E-state index contributed by atoms with van der Waals surface area (Å²) in [5.41, 5.74) is 1.48. The van der Waals surface area contributed by atoms with Gasteiger partial charge in [0.2, 0.25) is 11.8 Å². The summed E-state index contributed by atoms with van der Waals surface area (Å²) in [6.45, 7) is 3.41. The number of aromatic nitrogens is 2. The fourth-order valence-electron chi connectivity index (χ4n) is 3.80. The van der Waals surface area contributed by atoms with Gasteiger partial charge in [0.15, 0.2) is 0 Å². The molecule has 4 rings (SSSR count). The largest absolute Gasteiger partial charge is 0.345 e. The Kier molecular flexibility index (Phi) is 7.26. The van der Waals surface area contributed by atoms with Crippen LogP contribution < -0.4 is 10.9 Å². The van der Waals surface area contributed by atoms with Crippen LogP contribution in [0.2, 0.25) is 0 Å². The normalized spacial score (nSPS) is 14.6. The predicted molar refractivity (Wildman–Crippen MR) is 128 cm³/mol. The first-order valence-electron chi connectivity index (χ1n) is 11.0.